The van der Waals surface area contributed by atoms with Crippen LogP contribution in [0.25, 0.3) is 0 Å². The first-order valence-electron chi connectivity index (χ1n) is 5.28. The number of hydrogen-bond donors (Lipinski definition) is 1. The molecule has 2 atom stereocenters. The zero-order valence-electron chi connectivity index (χ0n) is 9.87. The van der Waals surface area contributed by atoms with Crippen molar-refractivity contribution in [1.82, 2.24) is 5.32 Å². The van der Waals surface area contributed by atoms with Crippen molar-refractivity contribution in [2.45, 2.75) is 57.6 Å². The smallest absolute Gasteiger partial charge is 0.155 e. The normalized spacial score (nSPS) is 17.0. The van der Waals surface area contributed by atoms with Crippen LogP contribution >= 0.6 is 0 Å². The van der Waals surface area contributed by atoms with Crippen LogP contribution in [-0.2, 0) is 9.84 Å². The molecule has 0 spiro atoms. The van der Waals surface area contributed by atoms with E-state index in [0.717, 1.165) is 6.54 Å². The molecule has 1 N–H and O–H groups in total. The molecule has 0 aliphatic heterocycles. The van der Waals surface area contributed by atoms with E-state index in [-0.39, 0.29) is 16.5 Å². The van der Waals surface area contributed by atoms with Crippen LogP contribution in [0.1, 0.15) is 41.0 Å². The molecule has 4 heteroatoms. The van der Waals surface area contributed by atoms with E-state index < -0.39 is 9.84 Å². The Bertz CT molecular complexity index is 247. The minimum Gasteiger partial charge on any atom is -0.314 e. The molecule has 0 aromatic rings. The van der Waals surface area contributed by atoms with E-state index in [2.05, 4.69) is 5.32 Å². The second kappa shape index (κ2) is 5.71. The first kappa shape index (κ1) is 13.9. The Labute approximate surface area is 88.2 Å². The number of sulfone groups is 1. The lowest BCUT2D eigenvalue weighted by molar-refractivity contribution is 0.506. The Hall–Kier alpha value is -0.0900. The van der Waals surface area contributed by atoms with Gasteiger partial charge in [0.1, 0.15) is 0 Å². The lowest BCUT2D eigenvalue weighted by Crippen LogP contribution is -2.34. The average molecular weight is 221 g/mol. The predicted octanol–water partition coefficient (Wildman–Crippen LogP) is 1.59. The SMILES string of the molecule is CCNC(C)CC(C)S(=O)(=O)C(C)C. The van der Waals surface area contributed by atoms with Crippen LogP contribution in [0.3, 0.4) is 0 Å². The minimum atomic E-state index is -2.93. The summed E-state index contributed by atoms with van der Waals surface area (Å²) >= 11 is 0. The number of hydrogen-bond acceptors (Lipinski definition) is 3. The van der Waals surface area contributed by atoms with Crippen molar-refractivity contribution in [3.8, 4) is 0 Å². The van der Waals surface area contributed by atoms with Gasteiger partial charge in [0.2, 0.25) is 0 Å². The van der Waals surface area contributed by atoms with Gasteiger partial charge in [0.25, 0.3) is 0 Å². The van der Waals surface area contributed by atoms with Crippen LogP contribution in [0.15, 0.2) is 0 Å². The van der Waals surface area contributed by atoms with Crippen molar-refractivity contribution in [3.63, 3.8) is 0 Å². The maximum atomic E-state index is 11.7. The summed E-state index contributed by atoms with van der Waals surface area (Å²) in [6.07, 6.45) is 0.689. The summed E-state index contributed by atoms with van der Waals surface area (Å²) in [5, 5.41) is 2.70. The fourth-order valence-corrected chi connectivity index (χ4v) is 3.01. The molecule has 0 rings (SSSR count). The third kappa shape index (κ3) is 3.96. The highest BCUT2D eigenvalue weighted by molar-refractivity contribution is 7.92. The molecular formula is C10H23NO2S. The van der Waals surface area contributed by atoms with Crippen LogP contribution in [-0.4, -0.2) is 31.5 Å². The Morgan fingerprint density at radius 2 is 1.64 bits per heavy atom. The van der Waals surface area contributed by atoms with Gasteiger partial charge in [-0.15, -0.1) is 0 Å². The Morgan fingerprint density at radius 1 is 1.14 bits per heavy atom. The summed E-state index contributed by atoms with van der Waals surface area (Å²) in [5.41, 5.74) is 0. The van der Waals surface area contributed by atoms with E-state index in [1.807, 2.05) is 13.8 Å². The maximum absolute atomic E-state index is 11.7. The molecule has 0 radical (unpaired) electrons. The molecule has 0 amide bonds. The molecule has 0 saturated heterocycles. The van der Waals surface area contributed by atoms with E-state index in [1.165, 1.54) is 0 Å². The molecule has 0 bridgehead atoms. The third-order valence-corrected chi connectivity index (χ3v) is 5.08. The van der Waals surface area contributed by atoms with Gasteiger partial charge < -0.3 is 5.32 Å². The van der Waals surface area contributed by atoms with Gasteiger partial charge in [0.15, 0.2) is 9.84 Å². The molecule has 0 aromatic heterocycles. The van der Waals surface area contributed by atoms with Gasteiger partial charge >= 0.3 is 0 Å². The molecule has 0 aromatic carbocycles. The van der Waals surface area contributed by atoms with Crippen molar-refractivity contribution in [2.24, 2.45) is 0 Å². The maximum Gasteiger partial charge on any atom is 0.155 e. The fourth-order valence-electron chi connectivity index (χ4n) is 1.53. The summed E-state index contributed by atoms with van der Waals surface area (Å²) in [7, 11) is -2.93. The Balaban J connectivity index is 4.28. The monoisotopic (exact) mass is 221 g/mol. The molecule has 0 heterocycles. The van der Waals surface area contributed by atoms with Crippen LogP contribution in [0.2, 0.25) is 0 Å². The van der Waals surface area contributed by atoms with Crippen molar-refractivity contribution in [3.05, 3.63) is 0 Å². The molecule has 0 fully saturated rings. The zero-order chi connectivity index (χ0) is 11.4. The quantitative estimate of drug-likeness (QED) is 0.741. The van der Waals surface area contributed by atoms with Crippen LogP contribution in [0.5, 0.6) is 0 Å². The second-order valence-electron chi connectivity index (χ2n) is 4.14. The highest BCUT2D eigenvalue weighted by Gasteiger charge is 2.25. The summed E-state index contributed by atoms with van der Waals surface area (Å²) in [5.74, 6) is 0. The van der Waals surface area contributed by atoms with Gasteiger partial charge in [0.05, 0.1) is 10.5 Å². The molecule has 3 nitrogen and oxygen atoms in total. The Morgan fingerprint density at radius 3 is 2.00 bits per heavy atom. The lowest BCUT2D eigenvalue weighted by atomic mass is 10.2. The first-order chi connectivity index (χ1) is 6.32. The third-order valence-electron chi connectivity index (χ3n) is 2.46. The van der Waals surface area contributed by atoms with Gasteiger partial charge in [-0.25, -0.2) is 8.42 Å². The molecule has 14 heavy (non-hydrogen) atoms. The van der Waals surface area contributed by atoms with Crippen LogP contribution in [0.4, 0.5) is 0 Å². The van der Waals surface area contributed by atoms with Crippen molar-refractivity contribution in [2.75, 3.05) is 6.54 Å². The summed E-state index contributed by atoms with van der Waals surface area (Å²) < 4.78 is 23.5. The van der Waals surface area contributed by atoms with E-state index in [1.54, 1.807) is 20.8 Å². The minimum absolute atomic E-state index is 0.253. The molecule has 86 valence electrons. The predicted molar refractivity (Wildman–Crippen MR) is 61.3 cm³/mol. The van der Waals surface area contributed by atoms with Crippen LogP contribution < -0.4 is 5.32 Å². The van der Waals surface area contributed by atoms with Gasteiger partial charge in [-0.3, -0.25) is 0 Å². The molecule has 0 saturated carbocycles. The summed E-state index contributed by atoms with van der Waals surface area (Å²) in [6, 6.07) is 0.267. The Kier molecular flexibility index (Phi) is 5.67. The highest BCUT2D eigenvalue weighted by Crippen LogP contribution is 2.13. The van der Waals surface area contributed by atoms with E-state index in [9.17, 15) is 8.42 Å². The van der Waals surface area contributed by atoms with Gasteiger partial charge in [-0.05, 0) is 40.7 Å². The standard InChI is InChI=1S/C10H23NO2S/c1-6-11-9(4)7-10(5)14(12,13)8(2)3/h8-11H,6-7H2,1-5H3. The summed E-state index contributed by atoms with van der Waals surface area (Å²) in [4.78, 5) is 0. The van der Waals surface area contributed by atoms with E-state index in [0.29, 0.717) is 6.42 Å². The second-order valence-corrected chi connectivity index (χ2v) is 7.07. The number of nitrogens with one attached hydrogen (secondary N) is 1. The lowest BCUT2D eigenvalue weighted by Gasteiger charge is -2.20. The molecular weight excluding hydrogens is 198 g/mol. The topological polar surface area (TPSA) is 46.2 Å². The van der Waals surface area contributed by atoms with E-state index >= 15 is 0 Å². The fraction of sp³-hybridized carbons (Fsp3) is 1.00. The van der Waals surface area contributed by atoms with Gasteiger partial charge in [0, 0.05) is 6.04 Å². The van der Waals surface area contributed by atoms with Crippen molar-refractivity contribution in [1.29, 1.82) is 0 Å². The van der Waals surface area contributed by atoms with Gasteiger partial charge in [-0.1, -0.05) is 6.92 Å². The number of rotatable bonds is 6. The van der Waals surface area contributed by atoms with Crippen molar-refractivity contribution >= 4 is 9.84 Å². The zero-order valence-corrected chi connectivity index (χ0v) is 10.7. The molecule has 2 unspecified atom stereocenters. The first-order valence-corrected chi connectivity index (χ1v) is 6.89. The van der Waals surface area contributed by atoms with Crippen molar-refractivity contribution < 1.29 is 8.42 Å². The van der Waals surface area contributed by atoms with E-state index in [4.69, 9.17) is 0 Å². The average Bonchev–Trinajstić information content (AvgIpc) is 2.03. The highest BCUT2D eigenvalue weighted by atomic mass is 32.2. The molecule has 0 aliphatic carbocycles. The van der Waals surface area contributed by atoms with Gasteiger partial charge in [-0.2, -0.15) is 0 Å². The summed E-state index contributed by atoms with van der Waals surface area (Å²) in [6.45, 7) is 10.2. The molecule has 0 aliphatic rings. The largest absolute Gasteiger partial charge is 0.314 e. The van der Waals surface area contributed by atoms with Crippen LogP contribution in [0, 0.1) is 0 Å².